The highest BCUT2D eigenvalue weighted by Gasteiger charge is 2.22. The molecule has 0 aliphatic carbocycles. The van der Waals surface area contributed by atoms with Crippen molar-refractivity contribution < 1.29 is 0 Å². The summed E-state index contributed by atoms with van der Waals surface area (Å²) in [5.74, 6) is 0.947. The van der Waals surface area contributed by atoms with Crippen LogP contribution in [-0.2, 0) is 0 Å². The van der Waals surface area contributed by atoms with Gasteiger partial charge in [-0.2, -0.15) is 0 Å². The van der Waals surface area contributed by atoms with E-state index in [-0.39, 0.29) is 12.1 Å². The van der Waals surface area contributed by atoms with Gasteiger partial charge in [0.15, 0.2) is 0 Å². The van der Waals surface area contributed by atoms with Crippen LogP contribution in [0.15, 0.2) is 58.6 Å². The Morgan fingerprint density at radius 3 is 2.57 bits per heavy atom. The number of rotatable bonds is 4. The Balaban J connectivity index is 2.08. The third kappa shape index (κ3) is 2.95. The molecule has 2 heterocycles. The summed E-state index contributed by atoms with van der Waals surface area (Å²) in [6, 6.07) is 14.5. The first-order chi connectivity index (χ1) is 10.2. The molecular weight excluding hydrogens is 346 g/mol. The first-order valence-electron chi connectivity index (χ1n) is 6.76. The lowest BCUT2D eigenvalue weighted by Gasteiger charge is -2.23. The summed E-state index contributed by atoms with van der Waals surface area (Å²) in [4.78, 5) is 5.75. The van der Waals surface area contributed by atoms with Crippen LogP contribution in [0.2, 0.25) is 0 Å². The second-order valence-electron chi connectivity index (χ2n) is 4.97. The van der Waals surface area contributed by atoms with Crippen molar-refractivity contribution in [1.29, 1.82) is 0 Å². The van der Waals surface area contributed by atoms with Gasteiger partial charge in [0.05, 0.1) is 9.83 Å². The third-order valence-corrected chi connectivity index (χ3v) is 5.08. The predicted octanol–water partition coefficient (Wildman–Crippen LogP) is 4.31. The Kier molecular flexibility index (Phi) is 4.24. The summed E-state index contributed by atoms with van der Waals surface area (Å²) in [5, 5.41) is 0. The maximum Gasteiger partial charge on any atom is 0.140 e. The first kappa shape index (κ1) is 14.5. The van der Waals surface area contributed by atoms with Crippen LogP contribution >= 0.6 is 27.3 Å². The van der Waals surface area contributed by atoms with E-state index in [1.807, 2.05) is 37.5 Å². The van der Waals surface area contributed by atoms with E-state index in [2.05, 4.69) is 49.7 Å². The van der Waals surface area contributed by atoms with Crippen molar-refractivity contribution in [2.24, 2.45) is 5.73 Å². The molecule has 3 nitrogen and oxygen atoms in total. The zero-order chi connectivity index (χ0) is 14.8. The number of hydrogen-bond acceptors (Lipinski definition) is 3. The van der Waals surface area contributed by atoms with Gasteiger partial charge in [0.2, 0.25) is 0 Å². The number of thiophene rings is 1. The molecule has 0 spiro atoms. The zero-order valence-corrected chi connectivity index (χ0v) is 14.0. The Labute approximate surface area is 136 Å². The van der Waals surface area contributed by atoms with Crippen LogP contribution in [-0.4, -0.2) is 15.6 Å². The van der Waals surface area contributed by atoms with Crippen molar-refractivity contribution >= 4 is 27.3 Å². The number of aromatic nitrogens is 2. The molecule has 5 heteroatoms. The van der Waals surface area contributed by atoms with Crippen LogP contribution in [0, 0.1) is 0 Å². The molecule has 2 aromatic heterocycles. The lowest BCUT2D eigenvalue weighted by molar-refractivity contribution is 0.508. The summed E-state index contributed by atoms with van der Waals surface area (Å²) in [6.45, 7) is 2.03. The number of benzene rings is 1. The lowest BCUT2D eigenvalue weighted by atomic mass is 10.1. The molecule has 2 N–H and O–H groups in total. The van der Waals surface area contributed by atoms with Gasteiger partial charge in [-0.3, -0.25) is 0 Å². The molecule has 0 aliphatic rings. The molecule has 108 valence electrons. The fraction of sp³-hybridized carbons (Fsp3) is 0.188. The highest BCUT2D eigenvalue weighted by molar-refractivity contribution is 9.11. The molecule has 0 amide bonds. The lowest BCUT2D eigenvalue weighted by Crippen LogP contribution is -2.29. The van der Waals surface area contributed by atoms with Gasteiger partial charge >= 0.3 is 0 Å². The largest absolute Gasteiger partial charge is 0.326 e. The number of nitrogens with zero attached hydrogens (tertiary/aromatic N) is 2. The van der Waals surface area contributed by atoms with E-state index in [0.29, 0.717) is 0 Å². The van der Waals surface area contributed by atoms with Crippen molar-refractivity contribution in [2.75, 3.05) is 0 Å². The Hall–Kier alpha value is -1.43. The van der Waals surface area contributed by atoms with Crippen LogP contribution in [0.4, 0.5) is 0 Å². The van der Waals surface area contributed by atoms with E-state index in [1.165, 1.54) is 4.88 Å². The van der Waals surface area contributed by atoms with Crippen LogP contribution in [0.1, 0.15) is 17.8 Å². The van der Waals surface area contributed by atoms with Gasteiger partial charge < -0.3 is 10.3 Å². The van der Waals surface area contributed by atoms with Gasteiger partial charge in [-0.25, -0.2) is 4.98 Å². The molecule has 2 atom stereocenters. The molecule has 0 aliphatic heterocycles. The zero-order valence-electron chi connectivity index (χ0n) is 11.6. The second-order valence-corrected chi connectivity index (χ2v) is 7.46. The van der Waals surface area contributed by atoms with E-state index in [1.54, 1.807) is 11.3 Å². The first-order valence-corrected chi connectivity index (χ1v) is 8.37. The van der Waals surface area contributed by atoms with Gasteiger partial charge in [-0.05, 0) is 35.0 Å². The van der Waals surface area contributed by atoms with E-state index in [0.717, 1.165) is 15.2 Å². The minimum atomic E-state index is -0.00721. The third-order valence-electron chi connectivity index (χ3n) is 3.38. The summed E-state index contributed by atoms with van der Waals surface area (Å²) >= 11 is 5.24. The maximum atomic E-state index is 6.26. The van der Waals surface area contributed by atoms with Crippen LogP contribution in [0.5, 0.6) is 0 Å². The smallest absolute Gasteiger partial charge is 0.140 e. The molecule has 3 rings (SSSR count). The number of hydrogen-bond donors (Lipinski definition) is 1. The van der Waals surface area contributed by atoms with E-state index in [9.17, 15) is 0 Å². The maximum absolute atomic E-state index is 6.26. The number of nitrogens with two attached hydrogens (primary N) is 1. The van der Waals surface area contributed by atoms with Gasteiger partial charge in [-0.1, -0.05) is 30.3 Å². The Morgan fingerprint density at radius 2 is 1.95 bits per heavy atom. The highest BCUT2D eigenvalue weighted by Crippen LogP contribution is 2.33. The minimum absolute atomic E-state index is 0.00721. The number of halogens is 1. The quantitative estimate of drug-likeness (QED) is 0.752. The van der Waals surface area contributed by atoms with E-state index < -0.39 is 0 Å². The van der Waals surface area contributed by atoms with E-state index >= 15 is 0 Å². The SMILES string of the molecule is CC(N)C(c1ccc(Br)s1)n1ccnc1-c1ccccc1. The van der Waals surface area contributed by atoms with Crippen LogP contribution in [0.25, 0.3) is 11.4 Å². The van der Waals surface area contributed by atoms with Crippen LogP contribution in [0.3, 0.4) is 0 Å². The molecule has 2 unspecified atom stereocenters. The fourth-order valence-electron chi connectivity index (χ4n) is 2.49. The fourth-order valence-corrected chi connectivity index (χ4v) is 4.12. The molecule has 0 radical (unpaired) electrons. The molecule has 0 fully saturated rings. The standard InChI is InChI=1S/C16H16BrN3S/c1-11(18)15(13-7-8-14(17)21-13)20-10-9-19-16(20)12-5-3-2-4-6-12/h2-11,15H,18H2,1H3. The van der Waals surface area contributed by atoms with Gasteiger partial charge in [0, 0.05) is 28.9 Å². The summed E-state index contributed by atoms with van der Waals surface area (Å²) < 4.78 is 3.28. The molecule has 0 bridgehead atoms. The molecule has 0 saturated heterocycles. The van der Waals surface area contributed by atoms with Crippen molar-refractivity contribution in [1.82, 2.24) is 9.55 Å². The average molecular weight is 362 g/mol. The van der Waals surface area contributed by atoms with Crippen LogP contribution < -0.4 is 5.73 Å². The Morgan fingerprint density at radius 1 is 1.19 bits per heavy atom. The second kappa shape index (κ2) is 6.13. The predicted molar refractivity (Wildman–Crippen MR) is 91.5 cm³/mol. The molecule has 3 aromatic rings. The van der Waals surface area contributed by atoms with E-state index in [4.69, 9.17) is 5.73 Å². The highest BCUT2D eigenvalue weighted by atomic mass is 79.9. The average Bonchev–Trinajstić information content (AvgIpc) is 3.10. The normalized spacial score (nSPS) is 14.0. The molecule has 1 aromatic carbocycles. The van der Waals surface area contributed by atoms with Crippen molar-refractivity contribution in [3.05, 3.63) is 63.5 Å². The van der Waals surface area contributed by atoms with Crippen molar-refractivity contribution in [3.8, 4) is 11.4 Å². The minimum Gasteiger partial charge on any atom is -0.326 e. The summed E-state index contributed by atoms with van der Waals surface area (Å²) in [6.07, 6.45) is 3.84. The Bertz CT molecular complexity index is 718. The summed E-state index contributed by atoms with van der Waals surface area (Å²) in [5.41, 5.74) is 7.36. The van der Waals surface area contributed by atoms with Gasteiger partial charge in [0.1, 0.15) is 5.82 Å². The monoisotopic (exact) mass is 361 g/mol. The number of imidazole rings is 1. The molecule has 0 saturated carbocycles. The molecule has 21 heavy (non-hydrogen) atoms. The summed E-state index contributed by atoms with van der Waals surface area (Å²) in [7, 11) is 0. The van der Waals surface area contributed by atoms with Crippen molar-refractivity contribution in [3.63, 3.8) is 0 Å². The van der Waals surface area contributed by atoms with Crippen molar-refractivity contribution in [2.45, 2.75) is 19.0 Å². The van der Waals surface area contributed by atoms with Gasteiger partial charge in [-0.15, -0.1) is 11.3 Å². The molecular formula is C16H16BrN3S. The van der Waals surface area contributed by atoms with Gasteiger partial charge in [0.25, 0.3) is 0 Å². The topological polar surface area (TPSA) is 43.8 Å².